The quantitative estimate of drug-likeness (QED) is 0.799. The van der Waals surface area contributed by atoms with Crippen molar-refractivity contribution >= 4 is 28.4 Å². The Morgan fingerprint density at radius 1 is 1.29 bits per heavy atom. The molecule has 0 saturated heterocycles. The Kier molecular flexibility index (Phi) is 4.59. The van der Waals surface area contributed by atoms with Crippen LogP contribution in [0.15, 0.2) is 0 Å². The molecule has 0 radical (unpaired) electrons. The minimum atomic E-state index is 0.697. The van der Waals surface area contributed by atoms with Gasteiger partial charge in [0.15, 0.2) is 0 Å². The van der Waals surface area contributed by atoms with Gasteiger partial charge in [0.1, 0.15) is 11.6 Å². The van der Waals surface area contributed by atoms with Crippen molar-refractivity contribution < 1.29 is 0 Å². The molecule has 0 spiro atoms. The third-order valence-electron chi connectivity index (χ3n) is 2.99. The maximum atomic E-state index is 4.76. The number of rotatable bonds is 6. The third-order valence-corrected chi connectivity index (χ3v) is 4.05. The number of aromatic nitrogens is 2. The molecule has 1 aliphatic rings. The molecule has 0 aliphatic heterocycles. The van der Waals surface area contributed by atoms with Gasteiger partial charge in [-0.3, -0.25) is 0 Å². The number of nitrogens with one attached hydrogen (secondary N) is 1. The SMILES string of the molecule is CCCCc1nc(NCC)c(I)c(C2CC2)n1. The molecule has 17 heavy (non-hydrogen) atoms. The maximum absolute atomic E-state index is 4.76. The summed E-state index contributed by atoms with van der Waals surface area (Å²) in [6, 6.07) is 0. The molecule has 0 atom stereocenters. The van der Waals surface area contributed by atoms with E-state index < -0.39 is 0 Å². The van der Waals surface area contributed by atoms with Crippen LogP contribution in [0.2, 0.25) is 0 Å². The summed E-state index contributed by atoms with van der Waals surface area (Å²) in [5, 5.41) is 3.36. The van der Waals surface area contributed by atoms with Crippen molar-refractivity contribution in [2.75, 3.05) is 11.9 Å². The Hall–Kier alpha value is -0.390. The molecule has 0 amide bonds. The number of aryl methyl sites for hydroxylation is 1. The van der Waals surface area contributed by atoms with Crippen molar-refractivity contribution in [2.24, 2.45) is 0 Å². The van der Waals surface area contributed by atoms with Crippen LogP contribution in [0.25, 0.3) is 0 Å². The van der Waals surface area contributed by atoms with Crippen molar-refractivity contribution in [2.45, 2.75) is 51.9 Å². The van der Waals surface area contributed by atoms with Gasteiger partial charge in [0.2, 0.25) is 0 Å². The number of unbranched alkanes of at least 4 members (excludes halogenated alkanes) is 1. The van der Waals surface area contributed by atoms with Gasteiger partial charge >= 0.3 is 0 Å². The van der Waals surface area contributed by atoms with E-state index in [1.54, 1.807) is 0 Å². The molecular weight excluding hydrogens is 325 g/mol. The summed E-state index contributed by atoms with van der Waals surface area (Å²) in [4.78, 5) is 9.40. The molecule has 1 saturated carbocycles. The van der Waals surface area contributed by atoms with E-state index in [-0.39, 0.29) is 0 Å². The summed E-state index contributed by atoms with van der Waals surface area (Å²) < 4.78 is 1.23. The molecule has 4 heteroatoms. The van der Waals surface area contributed by atoms with E-state index in [0.29, 0.717) is 5.92 Å². The van der Waals surface area contributed by atoms with Crippen molar-refractivity contribution in [1.29, 1.82) is 0 Å². The van der Waals surface area contributed by atoms with Gasteiger partial charge in [0, 0.05) is 18.9 Å². The first-order valence-electron chi connectivity index (χ1n) is 6.56. The van der Waals surface area contributed by atoms with Crippen LogP contribution in [0.4, 0.5) is 5.82 Å². The lowest BCUT2D eigenvalue weighted by atomic mass is 10.2. The number of hydrogen-bond donors (Lipinski definition) is 1. The maximum Gasteiger partial charge on any atom is 0.143 e. The van der Waals surface area contributed by atoms with Crippen LogP contribution in [0.5, 0.6) is 0 Å². The van der Waals surface area contributed by atoms with E-state index in [4.69, 9.17) is 4.98 Å². The van der Waals surface area contributed by atoms with Gasteiger partial charge in [-0.1, -0.05) is 13.3 Å². The van der Waals surface area contributed by atoms with E-state index in [9.17, 15) is 0 Å². The van der Waals surface area contributed by atoms with Gasteiger partial charge in [0.05, 0.1) is 9.26 Å². The number of anilines is 1. The highest BCUT2D eigenvalue weighted by atomic mass is 127. The summed E-state index contributed by atoms with van der Waals surface area (Å²) in [6.45, 7) is 5.24. The van der Waals surface area contributed by atoms with Gasteiger partial charge in [-0.2, -0.15) is 0 Å². The second-order valence-electron chi connectivity index (χ2n) is 4.60. The number of hydrogen-bond acceptors (Lipinski definition) is 3. The van der Waals surface area contributed by atoms with Gasteiger partial charge in [-0.05, 0) is 48.8 Å². The van der Waals surface area contributed by atoms with E-state index in [1.165, 1.54) is 34.9 Å². The van der Waals surface area contributed by atoms with Crippen LogP contribution in [0, 0.1) is 3.57 Å². The largest absolute Gasteiger partial charge is 0.369 e. The monoisotopic (exact) mass is 345 g/mol. The highest BCUT2D eigenvalue weighted by Gasteiger charge is 2.29. The van der Waals surface area contributed by atoms with Crippen LogP contribution in [-0.2, 0) is 6.42 Å². The molecular formula is C13H20IN3. The molecule has 1 aliphatic carbocycles. The smallest absolute Gasteiger partial charge is 0.143 e. The molecule has 1 fully saturated rings. The van der Waals surface area contributed by atoms with E-state index in [1.807, 2.05) is 0 Å². The second-order valence-corrected chi connectivity index (χ2v) is 5.67. The lowest BCUT2D eigenvalue weighted by molar-refractivity contribution is 0.741. The van der Waals surface area contributed by atoms with Gasteiger partial charge in [-0.25, -0.2) is 9.97 Å². The van der Waals surface area contributed by atoms with Crippen LogP contribution in [-0.4, -0.2) is 16.5 Å². The summed E-state index contributed by atoms with van der Waals surface area (Å²) in [6.07, 6.45) is 5.98. The minimum absolute atomic E-state index is 0.697. The number of halogens is 1. The average Bonchev–Trinajstić information content (AvgIpc) is 3.14. The predicted octanol–water partition coefficient (Wildman–Crippen LogP) is 3.73. The highest BCUT2D eigenvalue weighted by Crippen LogP contribution is 2.42. The zero-order valence-corrected chi connectivity index (χ0v) is 12.7. The molecule has 1 heterocycles. The van der Waals surface area contributed by atoms with Gasteiger partial charge in [-0.15, -0.1) is 0 Å². The molecule has 94 valence electrons. The lowest BCUT2D eigenvalue weighted by Gasteiger charge is -2.11. The number of nitrogens with zero attached hydrogens (tertiary/aromatic N) is 2. The average molecular weight is 345 g/mol. The fraction of sp³-hybridized carbons (Fsp3) is 0.692. The van der Waals surface area contributed by atoms with Gasteiger partial charge < -0.3 is 5.32 Å². The molecule has 1 aromatic rings. The molecule has 3 nitrogen and oxygen atoms in total. The summed E-state index contributed by atoms with van der Waals surface area (Å²) in [5.41, 5.74) is 1.28. The molecule has 0 unspecified atom stereocenters. The summed E-state index contributed by atoms with van der Waals surface area (Å²) in [5.74, 6) is 2.75. The fourth-order valence-corrected chi connectivity index (χ4v) is 2.74. The van der Waals surface area contributed by atoms with Crippen LogP contribution in [0.1, 0.15) is 57.0 Å². The normalized spacial score (nSPS) is 15.0. The predicted molar refractivity (Wildman–Crippen MR) is 79.5 cm³/mol. The van der Waals surface area contributed by atoms with Crippen molar-refractivity contribution in [1.82, 2.24) is 9.97 Å². The van der Waals surface area contributed by atoms with Gasteiger partial charge in [0.25, 0.3) is 0 Å². The third kappa shape index (κ3) is 3.30. The van der Waals surface area contributed by atoms with E-state index in [2.05, 4.69) is 46.7 Å². The molecule has 2 rings (SSSR count). The Balaban J connectivity index is 2.26. The molecule has 0 bridgehead atoms. The second kappa shape index (κ2) is 5.98. The molecule has 0 aromatic carbocycles. The Morgan fingerprint density at radius 2 is 2.06 bits per heavy atom. The highest BCUT2D eigenvalue weighted by molar-refractivity contribution is 14.1. The zero-order valence-electron chi connectivity index (χ0n) is 10.6. The van der Waals surface area contributed by atoms with E-state index in [0.717, 1.165) is 24.6 Å². The molecule has 1 aromatic heterocycles. The fourth-order valence-electron chi connectivity index (χ4n) is 1.87. The first kappa shape index (κ1) is 13.1. The van der Waals surface area contributed by atoms with Crippen molar-refractivity contribution in [3.63, 3.8) is 0 Å². The Labute approximate surface area is 117 Å². The van der Waals surface area contributed by atoms with Crippen LogP contribution in [0.3, 0.4) is 0 Å². The zero-order chi connectivity index (χ0) is 12.3. The minimum Gasteiger partial charge on any atom is -0.369 e. The Morgan fingerprint density at radius 3 is 2.65 bits per heavy atom. The topological polar surface area (TPSA) is 37.8 Å². The standard InChI is InChI=1S/C13H20IN3/c1-3-5-6-10-16-12(9-7-8-9)11(14)13(17-10)15-4-2/h9H,3-8H2,1-2H3,(H,15,16,17). The lowest BCUT2D eigenvalue weighted by Crippen LogP contribution is -2.09. The Bertz CT molecular complexity index is 388. The molecule has 1 N–H and O–H groups in total. The summed E-state index contributed by atoms with van der Waals surface area (Å²) in [7, 11) is 0. The van der Waals surface area contributed by atoms with Crippen molar-refractivity contribution in [3.05, 3.63) is 15.1 Å². The first-order valence-corrected chi connectivity index (χ1v) is 7.64. The van der Waals surface area contributed by atoms with Crippen molar-refractivity contribution in [3.8, 4) is 0 Å². The summed E-state index contributed by atoms with van der Waals surface area (Å²) >= 11 is 2.39. The van der Waals surface area contributed by atoms with E-state index >= 15 is 0 Å². The van der Waals surface area contributed by atoms with Crippen LogP contribution < -0.4 is 5.32 Å². The first-order chi connectivity index (χ1) is 8.26. The van der Waals surface area contributed by atoms with Crippen LogP contribution >= 0.6 is 22.6 Å².